The van der Waals surface area contributed by atoms with Crippen molar-refractivity contribution in [3.05, 3.63) is 33.8 Å². The van der Waals surface area contributed by atoms with Crippen LogP contribution in [0.2, 0.25) is 10.0 Å². The number of rotatable bonds is 5. The molecule has 1 rings (SSSR count). The lowest BCUT2D eigenvalue weighted by atomic mass is 10.0. The summed E-state index contributed by atoms with van der Waals surface area (Å²) in [5.41, 5.74) is 0.0980. The van der Waals surface area contributed by atoms with Gasteiger partial charge in [0.25, 0.3) is 5.91 Å². The van der Waals surface area contributed by atoms with Crippen LogP contribution in [0, 0.1) is 5.92 Å². The second-order valence-electron chi connectivity index (χ2n) is 4.59. The summed E-state index contributed by atoms with van der Waals surface area (Å²) in [6.07, 6.45) is 0.336. The fourth-order valence-electron chi connectivity index (χ4n) is 1.64. The molecule has 0 aliphatic heterocycles. The highest BCUT2D eigenvalue weighted by Gasteiger charge is 2.23. The van der Waals surface area contributed by atoms with Crippen LogP contribution in [0.3, 0.4) is 0 Å². The average Bonchev–Trinajstić information content (AvgIpc) is 2.27. The first-order valence-corrected chi connectivity index (χ1v) is 6.56. The van der Waals surface area contributed by atoms with E-state index in [1.165, 1.54) is 12.1 Å². The molecule has 0 fully saturated rings. The molecular formula is C13H15Cl2NO3. The van der Waals surface area contributed by atoms with Crippen LogP contribution in [-0.2, 0) is 4.79 Å². The fourth-order valence-corrected chi connectivity index (χ4v) is 2.21. The van der Waals surface area contributed by atoms with Gasteiger partial charge in [-0.05, 0) is 24.5 Å². The predicted molar refractivity (Wildman–Crippen MR) is 74.8 cm³/mol. The zero-order chi connectivity index (χ0) is 14.6. The Balaban J connectivity index is 2.91. The number of amides is 1. The maximum Gasteiger partial charge on any atom is 0.326 e. The SMILES string of the molecule is CC(C)CC(NC(=O)c1c(Cl)cccc1Cl)C(=O)O. The predicted octanol–water partition coefficient (Wildman–Crippen LogP) is 3.22. The summed E-state index contributed by atoms with van der Waals surface area (Å²) in [7, 11) is 0. The number of benzene rings is 1. The Bertz CT molecular complexity index is 469. The Hall–Kier alpha value is -1.26. The van der Waals surface area contributed by atoms with Crippen LogP contribution in [-0.4, -0.2) is 23.0 Å². The second-order valence-corrected chi connectivity index (χ2v) is 5.40. The molecule has 0 saturated heterocycles. The van der Waals surface area contributed by atoms with Crippen LogP contribution < -0.4 is 5.32 Å². The maximum atomic E-state index is 12.0. The van der Waals surface area contributed by atoms with Gasteiger partial charge in [-0.25, -0.2) is 4.79 Å². The number of carbonyl (C=O) groups excluding carboxylic acids is 1. The van der Waals surface area contributed by atoms with Crippen molar-refractivity contribution in [3.63, 3.8) is 0 Å². The average molecular weight is 304 g/mol. The lowest BCUT2D eigenvalue weighted by molar-refractivity contribution is -0.139. The molecule has 4 nitrogen and oxygen atoms in total. The van der Waals surface area contributed by atoms with Gasteiger partial charge in [0.1, 0.15) is 6.04 Å². The van der Waals surface area contributed by atoms with Gasteiger partial charge in [0, 0.05) is 0 Å². The smallest absolute Gasteiger partial charge is 0.326 e. The monoisotopic (exact) mass is 303 g/mol. The van der Waals surface area contributed by atoms with Crippen molar-refractivity contribution in [2.45, 2.75) is 26.3 Å². The number of hydrogen-bond donors (Lipinski definition) is 2. The van der Waals surface area contributed by atoms with Crippen LogP contribution in [0.5, 0.6) is 0 Å². The van der Waals surface area contributed by atoms with Crippen LogP contribution in [0.4, 0.5) is 0 Å². The van der Waals surface area contributed by atoms with Crippen molar-refractivity contribution in [2.75, 3.05) is 0 Å². The third kappa shape index (κ3) is 4.40. The maximum absolute atomic E-state index is 12.0. The topological polar surface area (TPSA) is 66.4 Å². The molecule has 1 aromatic rings. The Morgan fingerprint density at radius 2 is 1.79 bits per heavy atom. The van der Waals surface area contributed by atoms with Crippen LogP contribution in [0.25, 0.3) is 0 Å². The fraction of sp³-hybridized carbons (Fsp3) is 0.385. The Morgan fingerprint density at radius 3 is 2.21 bits per heavy atom. The van der Waals surface area contributed by atoms with E-state index in [9.17, 15) is 9.59 Å². The summed E-state index contributed by atoms with van der Waals surface area (Å²) >= 11 is 11.8. The summed E-state index contributed by atoms with van der Waals surface area (Å²) in [5.74, 6) is -1.52. The highest BCUT2D eigenvalue weighted by Crippen LogP contribution is 2.24. The standard InChI is InChI=1S/C13H15Cl2NO3/c1-7(2)6-10(13(18)19)16-12(17)11-8(14)4-3-5-9(11)15/h3-5,7,10H,6H2,1-2H3,(H,16,17)(H,18,19). The summed E-state index contributed by atoms with van der Waals surface area (Å²) in [4.78, 5) is 23.1. The first kappa shape index (κ1) is 15.8. The normalized spacial score (nSPS) is 12.3. The number of nitrogens with one attached hydrogen (secondary N) is 1. The third-order valence-electron chi connectivity index (χ3n) is 2.50. The van der Waals surface area contributed by atoms with E-state index < -0.39 is 17.9 Å². The number of halogens is 2. The first-order chi connectivity index (χ1) is 8.82. The Kier molecular flexibility index (Phi) is 5.63. The van der Waals surface area contributed by atoms with Crippen LogP contribution in [0.1, 0.15) is 30.6 Å². The molecule has 1 atom stereocenters. The highest BCUT2D eigenvalue weighted by molar-refractivity contribution is 6.39. The van der Waals surface area contributed by atoms with Crippen molar-refractivity contribution in [1.82, 2.24) is 5.32 Å². The number of hydrogen-bond acceptors (Lipinski definition) is 2. The van der Waals surface area contributed by atoms with Crippen LogP contribution >= 0.6 is 23.2 Å². The summed E-state index contributed by atoms with van der Waals surface area (Å²) < 4.78 is 0. The van der Waals surface area contributed by atoms with Gasteiger partial charge in [-0.2, -0.15) is 0 Å². The molecule has 1 unspecified atom stereocenters. The molecule has 0 spiro atoms. The molecular weight excluding hydrogens is 289 g/mol. The van der Waals surface area contributed by atoms with Gasteiger partial charge in [0.05, 0.1) is 15.6 Å². The van der Waals surface area contributed by atoms with Gasteiger partial charge in [-0.1, -0.05) is 43.1 Å². The molecule has 6 heteroatoms. The number of carboxylic acids is 1. The molecule has 0 aliphatic carbocycles. The van der Waals surface area contributed by atoms with Gasteiger partial charge < -0.3 is 10.4 Å². The van der Waals surface area contributed by atoms with Crippen molar-refractivity contribution in [3.8, 4) is 0 Å². The molecule has 0 saturated carbocycles. The van der Waals surface area contributed by atoms with E-state index >= 15 is 0 Å². The molecule has 104 valence electrons. The number of carboxylic acid groups (broad SMARTS) is 1. The molecule has 0 heterocycles. The minimum absolute atomic E-state index is 0.0980. The van der Waals surface area contributed by atoms with E-state index in [1.54, 1.807) is 6.07 Å². The molecule has 0 bridgehead atoms. The van der Waals surface area contributed by atoms with Gasteiger partial charge in [-0.3, -0.25) is 4.79 Å². The summed E-state index contributed by atoms with van der Waals surface area (Å²) in [5, 5.41) is 11.9. The number of carbonyl (C=O) groups is 2. The Morgan fingerprint density at radius 1 is 1.26 bits per heavy atom. The van der Waals surface area contributed by atoms with E-state index in [0.717, 1.165) is 0 Å². The van der Waals surface area contributed by atoms with Gasteiger partial charge >= 0.3 is 5.97 Å². The van der Waals surface area contributed by atoms with Crippen molar-refractivity contribution in [1.29, 1.82) is 0 Å². The quantitative estimate of drug-likeness (QED) is 0.877. The van der Waals surface area contributed by atoms with Crippen molar-refractivity contribution in [2.24, 2.45) is 5.92 Å². The number of aliphatic carboxylic acids is 1. The molecule has 0 aliphatic rings. The van der Waals surface area contributed by atoms with E-state index in [1.807, 2.05) is 13.8 Å². The zero-order valence-corrected chi connectivity index (χ0v) is 12.1. The highest BCUT2D eigenvalue weighted by atomic mass is 35.5. The summed E-state index contributed by atoms with van der Waals surface area (Å²) in [6, 6.07) is 3.71. The lowest BCUT2D eigenvalue weighted by Crippen LogP contribution is -2.41. The van der Waals surface area contributed by atoms with Crippen LogP contribution in [0.15, 0.2) is 18.2 Å². The lowest BCUT2D eigenvalue weighted by Gasteiger charge is -2.17. The van der Waals surface area contributed by atoms with E-state index in [4.69, 9.17) is 28.3 Å². The third-order valence-corrected chi connectivity index (χ3v) is 3.13. The molecule has 2 N–H and O–H groups in total. The van der Waals surface area contributed by atoms with E-state index in [-0.39, 0.29) is 21.5 Å². The minimum Gasteiger partial charge on any atom is -0.480 e. The molecule has 0 aromatic heterocycles. The second kappa shape index (κ2) is 6.78. The zero-order valence-electron chi connectivity index (χ0n) is 10.6. The first-order valence-electron chi connectivity index (χ1n) is 5.80. The summed E-state index contributed by atoms with van der Waals surface area (Å²) in [6.45, 7) is 3.76. The van der Waals surface area contributed by atoms with Gasteiger partial charge in [0.15, 0.2) is 0 Å². The minimum atomic E-state index is -1.08. The Labute approximate surface area is 121 Å². The molecule has 19 heavy (non-hydrogen) atoms. The van der Waals surface area contributed by atoms with Gasteiger partial charge in [0.2, 0.25) is 0 Å². The molecule has 1 amide bonds. The van der Waals surface area contributed by atoms with Crippen molar-refractivity contribution >= 4 is 35.1 Å². The van der Waals surface area contributed by atoms with Crippen molar-refractivity contribution < 1.29 is 14.7 Å². The molecule has 0 radical (unpaired) electrons. The van der Waals surface area contributed by atoms with E-state index in [0.29, 0.717) is 6.42 Å². The largest absolute Gasteiger partial charge is 0.480 e. The van der Waals surface area contributed by atoms with Gasteiger partial charge in [-0.15, -0.1) is 0 Å². The van der Waals surface area contributed by atoms with E-state index in [2.05, 4.69) is 5.32 Å². The molecule has 1 aromatic carbocycles.